The summed E-state index contributed by atoms with van der Waals surface area (Å²) in [6.07, 6.45) is 5.11. The van der Waals surface area contributed by atoms with Gasteiger partial charge in [0.05, 0.1) is 11.5 Å². The van der Waals surface area contributed by atoms with E-state index in [0.29, 0.717) is 0 Å². The number of sulfonamides is 1. The van der Waals surface area contributed by atoms with Gasteiger partial charge in [0.25, 0.3) is 10.0 Å². The van der Waals surface area contributed by atoms with Gasteiger partial charge in [0.2, 0.25) is 0 Å². The fourth-order valence-corrected chi connectivity index (χ4v) is 4.33. The molecule has 0 aliphatic heterocycles. The first-order valence-corrected chi connectivity index (χ1v) is 11.0. The Labute approximate surface area is 164 Å². The summed E-state index contributed by atoms with van der Waals surface area (Å²) in [7, 11) is -3.85. The molecule has 0 radical (unpaired) electrons. The first-order valence-electron chi connectivity index (χ1n) is 8.31. The molecule has 0 spiro atoms. The average Bonchev–Trinajstić information content (AvgIpc) is 2.61. The van der Waals surface area contributed by atoms with Gasteiger partial charge in [-0.25, -0.2) is 13.2 Å². The smallest absolute Gasteiger partial charge is 0.407 e. The first kappa shape index (κ1) is 21.0. The van der Waals surface area contributed by atoms with Crippen LogP contribution in [-0.2, 0) is 19.6 Å². The minimum absolute atomic E-state index is 0.115. The predicted octanol–water partition coefficient (Wildman–Crippen LogP) is 2.62. The largest absolute Gasteiger partial charge is 0.458 e. The van der Waals surface area contributed by atoms with Gasteiger partial charge in [-0.1, -0.05) is 17.7 Å². The second kappa shape index (κ2) is 9.05. The Bertz CT molecular complexity index is 952. The summed E-state index contributed by atoms with van der Waals surface area (Å²) in [5.41, 5.74) is 1.99. The van der Waals surface area contributed by atoms with Crippen LogP contribution in [0, 0.1) is 13.8 Å². The van der Waals surface area contributed by atoms with Crippen LogP contribution in [0.5, 0.6) is 0 Å². The number of benzene rings is 1. The normalized spacial score (nSPS) is 12.3. The molecule has 2 aromatic rings. The second-order valence-corrected chi connectivity index (χ2v) is 8.31. The molecule has 1 heterocycles. The molecule has 1 N–H and O–H groups in total. The van der Waals surface area contributed by atoms with Crippen molar-refractivity contribution in [1.82, 2.24) is 4.72 Å². The molecule has 0 fully saturated rings. The standard InChI is InChI=1S/C19H22N2O4S2/c1-5-25-19(22)17(21-12-6-7-15(3)13-21)18(26-4)20-27(23,24)16-10-8-14(2)9-11-16/h6-13H,5H2,1-4H3/p+1. The van der Waals surface area contributed by atoms with Gasteiger partial charge >= 0.3 is 11.7 Å². The number of thioether (sulfide) groups is 1. The molecule has 144 valence electrons. The van der Waals surface area contributed by atoms with Crippen molar-refractivity contribution in [2.24, 2.45) is 0 Å². The molecule has 0 atom stereocenters. The van der Waals surface area contributed by atoms with E-state index in [9.17, 15) is 13.2 Å². The van der Waals surface area contributed by atoms with Crippen molar-refractivity contribution in [3.05, 3.63) is 64.9 Å². The summed E-state index contributed by atoms with van der Waals surface area (Å²) >= 11 is 1.13. The number of pyridine rings is 1. The molecule has 0 amide bonds. The van der Waals surface area contributed by atoms with Gasteiger partial charge in [0.1, 0.15) is 0 Å². The summed E-state index contributed by atoms with van der Waals surface area (Å²) in [6.45, 7) is 5.64. The van der Waals surface area contributed by atoms with Gasteiger partial charge in [0, 0.05) is 11.6 Å². The molecule has 0 aliphatic rings. The molecule has 0 aliphatic carbocycles. The van der Waals surface area contributed by atoms with Gasteiger partial charge in [-0.3, -0.25) is 4.72 Å². The van der Waals surface area contributed by atoms with Crippen LogP contribution in [0.15, 0.2) is 58.7 Å². The van der Waals surface area contributed by atoms with E-state index in [1.807, 2.05) is 19.9 Å². The molecule has 8 heteroatoms. The van der Waals surface area contributed by atoms with Crippen molar-refractivity contribution in [3.63, 3.8) is 0 Å². The van der Waals surface area contributed by atoms with Gasteiger partial charge in [-0.15, -0.1) is 11.8 Å². The van der Waals surface area contributed by atoms with E-state index >= 15 is 0 Å². The summed E-state index contributed by atoms with van der Waals surface area (Å²) < 4.78 is 34.8. The average molecular weight is 408 g/mol. The number of hydrogen-bond acceptors (Lipinski definition) is 5. The molecular formula is C19H23N2O4S2+. The van der Waals surface area contributed by atoms with Crippen molar-refractivity contribution < 1.29 is 22.5 Å². The van der Waals surface area contributed by atoms with Crippen LogP contribution in [0.3, 0.4) is 0 Å². The quantitative estimate of drug-likeness (QED) is 0.434. The number of esters is 1. The van der Waals surface area contributed by atoms with E-state index in [2.05, 4.69) is 4.72 Å². The molecule has 0 saturated carbocycles. The van der Waals surface area contributed by atoms with E-state index in [-0.39, 0.29) is 22.2 Å². The number of nitrogens with one attached hydrogen (secondary N) is 1. The van der Waals surface area contributed by atoms with Crippen LogP contribution in [0.4, 0.5) is 0 Å². The maximum absolute atomic E-state index is 12.8. The maximum Gasteiger partial charge on any atom is 0.407 e. The molecule has 0 bridgehead atoms. The molecule has 27 heavy (non-hydrogen) atoms. The van der Waals surface area contributed by atoms with E-state index in [4.69, 9.17) is 4.74 Å². The number of aromatic nitrogens is 1. The van der Waals surface area contributed by atoms with Crippen molar-refractivity contribution in [3.8, 4) is 0 Å². The van der Waals surface area contributed by atoms with Crippen LogP contribution < -0.4 is 9.29 Å². The molecule has 0 unspecified atom stereocenters. The fourth-order valence-electron chi connectivity index (χ4n) is 2.33. The van der Waals surface area contributed by atoms with E-state index in [1.165, 1.54) is 12.1 Å². The predicted molar refractivity (Wildman–Crippen MR) is 106 cm³/mol. The summed E-state index contributed by atoms with van der Waals surface area (Å²) in [6, 6.07) is 10.2. The van der Waals surface area contributed by atoms with E-state index in [1.54, 1.807) is 48.3 Å². The highest BCUT2D eigenvalue weighted by atomic mass is 32.2. The lowest BCUT2D eigenvalue weighted by Gasteiger charge is -2.12. The van der Waals surface area contributed by atoms with Crippen LogP contribution in [-0.4, -0.2) is 27.2 Å². The SMILES string of the molecule is CCOC(=O)C(=C(NS(=O)(=O)c1ccc(C)cc1)SC)[n+]1cccc(C)c1. The van der Waals surface area contributed by atoms with Gasteiger partial charge in [-0.2, -0.15) is 4.57 Å². The Morgan fingerprint density at radius 2 is 1.81 bits per heavy atom. The third kappa shape index (κ3) is 5.33. The zero-order valence-electron chi connectivity index (χ0n) is 15.7. The number of nitrogens with zero attached hydrogens (tertiary/aromatic N) is 1. The zero-order chi connectivity index (χ0) is 20.0. The van der Waals surface area contributed by atoms with Crippen LogP contribution in [0.25, 0.3) is 5.70 Å². The fraction of sp³-hybridized carbons (Fsp3) is 0.263. The molecule has 1 aromatic carbocycles. The zero-order valence-corrected chi connectivity index (χ0v) is 17.4. The molecule has 6 nitrogen and oxygen atoms in total. The topological polar surface area (TPSA) is 76.3 Å². The Morgan fingerprint density at radius 3 is 2.37 bits per heavy atom. The van der Waals surface area contributed by atoms with Crippen molar-refractivity contribution in [2.75, 3.05) is 12.9 Å². The molecule has 1 aromatic heterocycles. The van der Waals surface area contributed by atoms with Gasteiger partial charge in [-0.05, 0) is 45.2 Å². The highest BCUT2D eigenvalue weighted by Gasteiger charge is 2.30. The highest BCUT2D eigenvalue weighted by Crippen LogP contribution is 2.20. The lowest BCUT2D eigenvalue weighted by molar-refractivity contribution is -0.579. The Morgan fingerprint density at radius 1 is 1.15 bits per heavy atom. The number of aryl methyl sites for hydroxylation is 2. The second-order valence-electron chi connectivity index (χ2n) is 5.81. The molecular weight excluding hydrogens is 384 g/mol. The van der Waals surface area contributed by atoms with Crippen LogP contribution >= 0.6 is 11.8 Å². The minimum atomic E-state index is -3.85. The minimum Gasteiger partial charge on any atom is -0.458 e. The van der Waals surface area contributed by atoms with Gasteiger partial charge in [0.15, 0.2) is 17.4 Å². The summed E-state index contributed by atoms with van der Waals surface area (Å²) in [5, 5.41) is 0.185. The lowest BCUT2D eigenvalue weighted by Crippen LogP contribution is -2.40. The van der Waals surface area contributed by atoms with Crippen LogP contribution in [0.2, 0.25) is 0 Å². The Balaban J connectivity index is 2.55. The van der Waals surface area contributed by atoms with Crippen molar-refractivity contribution in [1.29, 1.82) is 0 Å². The lowest BCUT2D eigenvalue weighted by atomic mass is 10.2. The highest BCUT2D eigenvalue weighted by molar-refractivity contribution is 8.03. The Hall–Kier alpha value is -2.32. The number of rotatable bonds is 7. The first-order chi connectivity index (χ1) is 12.8. The van der Waals surface area contributed by atoms with Crippen molar-refractivity contribution in [2.45, 2.75) is 25.7 Å². The maximum atomic E-state index is 12.8. The number of carbonyl (C=O) groups excluding carboxylic acids is 1. The third-order valence-corrected chi connectivity index (χ3v) is 5.85. The number of hydrogen-bond donors (Lipinski definition) is 1. The van der Waals surface area contributed by atoms with Crippen LogP contribution in [0.1, 0.15) is 18.1 Å². The summed E-state index contributed by atoms with van der Waals surface area (Å²) in [5.74, 6) is -0.607. The van der Waals surface area contributed by atoms with E-state index < -0.39 is 16.0 Å². The molecule has 0 saturated heterocycles. The van der Waals surface area contributed by atoms with E-state index in [0.717, 1.165) is 22.9 Å². The van der Waals surface area contributed by atoms with Crippen molar-refractivity contribution >= 4 is 33.5 Å². The molecule has 2 rings (SSSR count). The monoisotopic (exact) mass is 407 g/mol. The van der Waals surface area contributed by atoms with Gasteiger partial charge < -0.3 is 4.74 Å². The third-order valence-electron chi connectivity index (χ3n) is 3.65. The number of carbonyl (C=O) groups is 1. The Kier molecular flexibility index (Phi) is 7.04. The summed E-state index contributed by atoms with van der Waals surface area (Å²) in [4.78, 5) is 12.7. The number of ether oxygens (including phenoxy) is 1.